The average Bonchev–Trinajstić information content (AvgIpc) is 3.77. The number of anilines is 6. The lowest BCUT2D eigenvalue weighted by Crippen LogP contribution is -2.09. The predicted octanol–water partition coefficient (Wildman–Crippen LogP) is 13.8. The largest absolute Gasteiger partial charge is 0.456 e. The molecule has 0 aliphatic carbocycles. The second-order valence-electron chi connectivity index (χ2n) is 13.1. The van der Waals surface area contributed by atoms with E-state index in [2.05, 4.69) is 197 Å². The van der Waals surface area contributed by atoms with E-state index in [1.54, 1.807) is 0 Å². The van der Waals surface area contributed by atoms with Gasteiger partial charge in [0.25, 0.3) is 0 Å². The Morgan fingerprint density at radius 3 is 1.44 bits per heavy atom. The molecule has 0 spiro atoms. The van der Waals surface area contributed by atoms with Crippen molar-refractivity contribution < 1.29 is 4.42 Å². The zero-order chi connectivity index (χ0) is 34.4. The predicted molar refractivity (Wildman–Crippen MR) is 218 cm³/mol. The van der Waals surface area contributed by atoms with E-state index in [1.165, 1.54) is 10.8 Å². The Hall–Kier alpha value is -7.04. The van der Waals surface area contributed by atoms with Gasteiger partial charge in [-0.15, -0.1) is 0 Å². The Labute approximate surface area is 301 Å². The minimum absolute atomic E-state index is 0.852. The number of aromatic nitrogens is 1. The molecule has 0 bridgehead atoms. The van der Waals surface area contributed by atoms with Crippen LogP contribution in [-0.4, -0.2) is 4.98 Å². The van der Waals surface area contributed by atoms with Crippen molar-refractivity contribution in [1.82, 2.24) is 4.98 Å². The molecule has 4 heteroatoms. The van der Waals surface area contributed by atoms with E-state index in [0.717, 1.165) is 78.2 Å². The van der Waals surface area contributed by atoms with Crippen LogP contribution < -0.4 is 9.80 Å². The first-order valence-corrected chi connectivity index (χ1v) is 17.6. The van der Waals surface area contributed by atoms with Crippen molar-refractivity contribution in [3.05, 3.63) is 194 Å². The van der Waals surface area contributed by atoms with Crippen LogP contribution in [0.3, 0.4) is 0 Å². The van der Waals surface area contributed by atoms with Crippen molar-refractivity contribution in [2.45, 2.75) is 0 Å². The fraction of sp³-hybridized carbons (Fsp3) is 0. The molecule has 2 heterocycles. The van der Waals surface area contributed by atoms with Gasteiger partial charge in [-0.05, 0) is 96.6 Å². The molecule has 4 nitrogen and oxygen atoms in total. The molecule has 10 aromatic rings. The standard InChI is InChI=1S/C48H33N3O/c1-5-15-34(16-6-1)50(35-17-7-2-8-18-35)38-26-28-42-41-27-25-33(29-46(41)52-47(42)32-38)43-30-39(31-44-40-23-13-14-24-45(40)49-48(43)44)51(36-19-9-3-10-20-36)37-21-11-4-12-22-37/h1-32,49H. The third kappa shape index (κ3) is 5.09. The highest BCUT2D eigenvalue weighted by atomic mass is 16.3. The third-order valence-corrected chi connectivity index (χ3v) is 9.94. The Kier molecular flexibility index (Phi) is 7.10. The van der Waals surface area contributed by atoms with Gasteiger partial charge in [-0.1, -0.05) is 97.1 Å². The fourth-order valence-electron chi connectivity index (χ4n) is 7.57. The summed E-state index contributed by atoms with van der Waals surface area (Å²) in [6.07, 6.45) is 0. The van der Waals surface area contributed by atoms with Crippen LogP contribution in [0.15, 0.2) is 199 Å². The summed E-state index contributed by atoms with van der Waals surface area (Å²) >= 11 is 0. The number of hydrogen-bond acceptors (Lipinski definition) is 3. The van der Waals surface area contributed by atoms with Crippen molar-refractivity contribution in [3.63, 3.8) is 0 Å². The second-order valence-corrected chi connectivity index (χ2v) is 13.1. The molecule has 0 unspecified atom stereocenters. The molecule has 52 heavy (non-hydrogen) atoms. The monoisotopic (exact) mass is 667 g/mol. The van der Waals surface area contributed by atoms with E-state index in [9.17, 15) is 0 Å². The summed E-state index contributed by atoms with van der Waals surface area (Å²) in [5.41, 5.74) is 12.6. The summed E-state index contributed by atoms with van der Waals surface area (Å²) in [5.74, 6) is 0. The van der Waals surface area contributed by atoms with Crippen molar-refractivity contribution in [1.29, 1.82) is 0 Å². The lowest BCUT2D eigenvalue weighted by molar-refractivity contribution is 0.669. The van der Waals surface area contributed by atoms with Gasteiger partial charge in [0, 0.05) is 72.8 Å². The van der Waals surface area contributed by atoms with Crippen LogP contribution >= 0.6 is 0 Å². The molecule has 2 aromatic heterocycles. The lowest BCUT2D eigenvalue weighted by atomic mass is 9.99. The van der Waals surface area contributed by atoms with E-state index < -0.39 is 0 Å². The van der Waals surface area contributed by atoms with E-state index in [1.807, 2.05) is 12.1 Å². The summed E-state index contributed by atoms with van der Waals surface area (Å²) in [7, 11) is 0. The Bertz CT molecular complexity index is 2760. The zero-order valence-corrected chi connectivity index (χ0v) is 28.3. The smallest absolute Gasteiger partial charge is 0.137 e. The van der Waals surface area contributed by atoms with Gasteiger partial charge in [-0.3, -0.25) is 0 Å². The molecule has 0 aliphatic heterocycles. The summed E-state index contributed by atoms with van der Waals surface area (Å²) in [4.78, 5) is 8.36. The first kappa shape index (κ1) is 29.8. The van der Waals surface area contributed by atoms with Gasteiger partial charge in [-0.2, -0.15) is 0 Å². The molecule has 0 saturated heterocycles. The van der Waals surface area contributed by atoms with Gasteiger partial charge in [-0.25, -0.2) is 0 Å². The molecule has 0 aliphatic rings. The van der Waals surface area contributed by atoms with Crippen LogP contribution in [-0.2, 0) is 0 Å². The Morgan fingerprint density at radius 1 is 0.346 bits per heavy atom. The summed E-state index contributed by atoms with van der Waals surface area (Å²) < 4.78 is 6.72. The molecule has 10 rings (SSSR count). The highest BCUT2D eigenvalue weighted by molar-refractivity contribution is 6.15. The van der Waals surface area contributed by atoms with E-state index in [4.69, 9.17) is 4.42 Å². The number of H-pyrrole nitrogens is 1. The number of nitrogens with one attached hydrogen (secondary N) is 1. The Balaban J connectivity index is 1.15. The van der Waals surface area contributed by atoms with Crippen molar-refractivity contribution >= 4 is 77.9 Å². The highest BCUT2D eigenvalue weighted by Gasteiger charge is 2.20. The molecular weight excluding hydrogens is 635 g/mol. The van der Waals surface area contributed by atoms with Crippen molar-refractivity contribution in [3.8, 4) is 11.1 Å². The summed E-state index contributed by atoms with van der Waals surface area (Å²) in [6.45, 7) is 0. The van der Waals surface area contributed by atoms with Crippen LogP contribution in [0.1, 0.15) is 0 Å². The molecule has 0 atom stereocenters. The molecule has 0 amide bonds. The molecule has 246 valence electrons. The second kappa shape index (κ2) is 12.4. The fourth-order valence-corrected chi connectivity index (χ4v) is 7.57. The number of para-hydroxylation sites is 5. The van der Waals surface area contributed by atoms with Gasteiger partial charge in [0.1, 0.15) is 11.2 Å². The van der Waals surface area contributed by atoms with Crippen molar-refractivity contribution in [2.24, 2.45) is 0 Å². The number of aromatic amines is 1. The zero-order valence-electron chi connectivity index (χ0n) is 28.3. The molecule has 1 N–H and O–H groups in total. The number of nitrogens with zero attached hydrogens (tertiary/aromatic N) is 2. The third-order valence-electron chi connectivity index (χ3n) is 9.94. The van der Waals surface area contributed by atoms with Crippen LogP contribution in [0.4, 0.5) is 34.1 Å². The number of furan rings is 1. The van der Waals surface area contributed by atoms with Crippen LogP contribution in [0.25, 0.3) is 54.9 Å². The van der Waals surface area contributed by atoms with Gasteiger partial charge < -0.3 is 19.2 Å². The maximum Gasteiger partial charge on any atom is 0.137 e. The van der Waals surface area contributed by atoms with Crippen molar-refractivity contribution in [2.75, 3.05) is 9.80 Å². The summed E-state index contributed by atoms with van der Waals surface area (Å²) in [5, 5.41) is 4.56. The topological polar surface area (TPSA) is 35.4 Å². The highest BCUT2D eigenvalue weighted by Crippen LogP contribution is 2.44. The van der Waals surface area contributed by atoms with Gasteiger partial charge >= 0.3 is 0 Å². The van der Waals surface area contributed by atoms with E-state index >= 15 is 0 Å². The maximum atomic E-state index is 6.72. The number of hydrogen-bond donors (Lipinski definition) is 1. The number of benzene rings is 8. The first-order chi connectivity index (χ1) is 25.8. The van der Waals surface area contributed by atoms with E-state index in [-0.39, 0.29) is 0 Å². The minimum atomic E-state index is 0.852. The van der Waals surface area contributed by atoms with Gasteiger partial charge in [0.15, 0.2) is 0 Å². The molecular formula is C48H33N3O. The SMILES string of the molecule is c1ccc(N(c2ccccc2)c2ccc3c(c2)oc2cc(-c4cc(N(c5ccccc5)c5ccccc5)cc5c4[nH]c4ccccc45)ccc23)cc1. The quantitative estimate of drug-likeness (QED) is 0.184. The van der Waals surface area contributed by atoms with Gasteiger partial charge in [0.05, 0.1) is 5.52 Å². The Morgan fingerprint density at radius 2 is 0.846 bits per heavy atom. The van der Waals surface area contributed by atoms with Crippen LogP contribution in [0, 0.1) is 0 Å². The minimum Gasteiger partial charge on any atom is -0.456 e. The summed E-state index contributed by atoms with van der Waals surface area (Å²) in [6, 6.07) is 68.4. The maximum absolute atomic E-state index is 6.72. The van der Waals surface area contributed by atoms with Gasteiger partial charge in [0.2, 0.25) is 0 Å². The number of rotatable bonds is 7. The van der Waals surface area contributed by atoms with E-state index in [0.29, 0.717) is 0 Å². The average molecular weight is 668 g/mol. The molecule has 0 radical (unpaired) electrons. The molecule has 0 saturated carbocycles. The normalized spacial score (nSPS) is 11.5. The first-order valence-electron chi connectivity index (χ1n) is 17.6. The molecule has 8 aromatic carbocycles. The number of fused-ring (bicyclic) bond motifs is 6. The van der Waals surface area contributed by atoms with Crippen LogP contribution in [0.5, 0.6) is 0 Å². The van der Waals surface area contributed by atoms with Crippen LogP contribution in [0.2, 0.25) is 0 Å². The molecule has 0 fully saturated rings. The lowest BCUT2D eigenvalue weighted by Gasteiger charge is -2.26.